The molecule has 1 heterocycles. The number of hydrogen-bond donors (Lipinski definition) is 3. The Hall–Kier alpha value is -2.68. The zero-order valence-corrected chi connectivity index (χ0v) is 22.6. The van der Waals surface area contributed by atoms with Crippen LogP contribution in [0.4, 0.5) is 9.18 Å². The van der Waals surface area contributed by atoms with Crippen molar-refractivity contribution in [2.75, 3.05) is 40.4 Å². The average Bonchev–Trinajstić information content (AvgIpc) is 2.89. The maximum Gasteiger partial charge on any atom is 0.317 e. The summed E-state index contributed by atoms with van der Waals surface area (Å²) in [6.07, 6.45) is 3.33. The second-order valence-corrected chi connectivity index (χ2v) is 10.1. The topological polar surface area (TPSA) is 83.1 Å². The van der Waals surface area contributed by atoms with Gasteiger partial charge in [-0.1, -0.05) is 30.3 Å². The first-order valence-electron chi connectivity index (χ1n) is 13.2. The van der Waals surface area contributed by atoms with E-state index in [2.05, 4.69) is 10.6 Å². The predicted molar refractivity (Wildman–Crippen MR) is 143 cm³/mol. The van der Waals surface area contributed by atoms with Crippen molar-refractivity contribution in [2.45, 2.75) is 57.6 Å². The summed E-state index contributed by atoms with van der Waals surface area (Å²) < 4.78 is 26.6. The zero-order valence-electron chi connectivity index (χ0n) is 22.6. The number of nitrogens with zero attached hydrogens (tertiary/aromatic N) is 1. The molecular weight excluding hydrogens is 473 g/mol. The first-order valence-corrected chi connectivity index (χ1v) is 13.2. The van der Waals surface area contributed by atoms with Gasteiger partial charge in [0.15, 0.2) is 11.6 Å². The molecule has 0 spiro atoms. The standard InChI is InChI=1S/C29H42FN3O4/c1-21-11-5-6-15-26(21)37-27-24(13-9-14-25(27)30)29(35,16-7-8-18-36-4)23-12-10-17-33(20-23)28(34)32-22(2)19-31-3/h5-6,9,11,13-15,22-23,31,35H,7-8,10,12,16-20H2,1-4H3,(H,32,34)/t22-,23+,29-/m0/s1. The number of nitrogens with one attached hydrogen (secondary N) is 2. The lowest BCUT2D eigenvalue weighted by molar-refractivity contribution is -0.0577. The number of para-hydroxylation sites is 2. The fourth-order valence-corrected chi connectivity index (χ4v) is 5.14. The monoisotopic (exact) mass is 515 g/mol. The van der Waals surface area contributed by atoms with Gasteiger partial charge in [0, 0.05) is 50.9 Å². The molecule has 1 aliphatic heterocycles. The second kappa shape index (κ2) is 13.7. The predicted octanol–water partition coefficient (Wildman–Crippen LogP) is 4.96. The summed E-state index contributed by atoms with van der Waals surface area (Å²) >= 11 is 0. The van der Waals surface area contributed by atoms with Gasteiger partial charge in [-0.25, -0.2) is 9.18 Å². The Morgan fingerprint density at radius 2 is 2.03 bits per heavy atom. The van der Waals surface area contributed by atoms with Crippen molar-refractivity contribution < 1.29 is 23.8 Å². The maximum absolute atomic E-state index is 15.3. The van der Waals surface area contributed by atoms with E-state index in [1.54, 1.807) is 30.2 Å². The van der Waals surface area contributed by atoms with Crippen LogP contribution in [-0.2, 0) is 10.3 Å². The van der Waals surface area contributed by atoms with Crippen molar-refractivity contribution in [2.24, 2.45) is 5.92 Å². The van der Waals surface area contributed by atoms with E-state index in [9.17, 15) is 9.90 Å². The van der Waals surface area contributed by atoms with E-state index in [-0.39, 0.29) is 23.7 Å². The van der Waals surface area contributed by atoms with Crippen molar-refractivity contribution in [3.05, 3.63) is 59.4 Å². The van der Waals surface area contributed by atoms with Gasteiger partial charge in [-0.2, -0.15) is 0 Å². The molecule has 37 heavy (non-hydrogen) atoms. The van der Waals surface area contributed by atoms with Gasteiger partial charge in [-0.15, -0.1) is 0 Å². The van der Waals surface area contributed by atoms with Crippen LogP contribution in [0.15, 0.2) is 42.5 Å². The number of ether oxygens (including phenoxy) is 2. The number of likely N-dealkylation sites (N-methyl/N-ethyl adjacent to an activating group) is 1. The summed E-state index contributed by atoms with van der Waals surface area (Å²) in [5.41, 5.74) is -0.0934. The Bertz CT molecular complexity index is 1020. The highest BCUT2D eigenvalue weighted by Gasteiger charge is 2.43. The van der Waals surface area contributed by atoms with E-state index in [0.717, 1.165) is 24.8 Å². The minimum atomic E-state index is -1.39. The molecule has 7 nitrogen and oxygen atoms in total. The van der Waals surface area contributed by atoms with Crippen molar-refractivity contribution >= 4 is 6.03 Å². The maximum atomic E-state index is 15.3. The molecule has 0 unspecified atom stereocenters. The van der Waals surface area contributed by atoms with Crippen LogP contribution in [0.2, 0.25) is 0 Å². The van der Waals surface area contributed by atoms with Crippen LogP contribution in [0, 0.1) is 18.7 Å². The van der Waals surface area contributed by atoms with Crippen LogP contribution in [0.1, 0.15) is 50.2 Å². The van der Waals surface area contributed by atoms with Crippen molar-refractivity contribution in [1.82, 2.24) is 15.5 Å². The molecule has 8 heteroatoms. The van der Waals surface area contributed by atoms with E-state index in [1.807, 2.05) is 39.1 Å². The molecule has 1 saturated heterocycles. The smallest absolute Gasteiger partial charge is 0.317 e. The number of aliphatic hydroxyl groups is 1. The molecule has 0 radical (unpaired) electrons. The van der Waals surface area contributed by atoms with Crippen LogP contribution in [-0.4, -0.2) is 62.5 Å². The van der Waals surface area contributed by atoms with Gasteiger partial charge in [0.25, 0.3) is 0 Å². The molecule has 2 amide bonds. The number of likely N-dealkylation sites (tertiary alicyclic amines) is 1. The van der Waals surface area contributed by atoms with E-state index >= 15 is 4.39 Å². The molecule has 0 bridgehead atoms. The number of halogens is 1. The number of carbonyl (C=O) groups is 1. The summed E-state index contributed by atoms with van der Waals surface area (Å²) in [7, 11) is 3.50. The number of aryl methyl sites for hydroxylation is 1. The number of unbranched alkanes of at least 4 members (excludes halogenated alkanes) is 1. The quantitative estimate of drug-likeness (QED) is 0.348. The normalized spacial score (nSPS) is 18.2. The highest BCUT2D eigenvalue weighted by Crippen LogP contribution is 2.45. The van der Waals surface area contributed by atoms with Gasteiger partial charge in [-0.3, -0.25) is 0 Å². The largest absolute Gasteiger partial charge is 0.454 e. The molecule has 2 aromatic rings. The van der Waals surface area contributed by atoms with E-state index in [1.165, 1.54) is 6.07 Å². The van der Waals surface area contributed by atoms with Crippen LogP contribution in [0.5, 0.6) is 11.5 Å². The van der Waals surface area contributed by atoms with Crippen molar-refractivity contribution in [3.8, 4) is 11.5 Å². The lowest BCUT2D eigenvalue weighted by Gasteiger charge is -2.43. The number of methoxy groups -OCH3 is 1. The van der Waals surface area contributed by atoms with Crippen molar-refractivity contribution in [1.29, 1.82) is 0 Å². The fraction of sp³-hybridized carbons (Fsp3) is 0.552. The molecular formula is C29H42FN3O4. The molecule has 2 aromatic carbocycles. The Balaban J connectivity index is 1.94. The molecule has 3 N–H and O–H groups in total. The third kappa shape index (κ3) is 7.43. The number of hydrogen-bond acceptors (Lipinski definition) is 5. The minimum absolute atomic E-state index is 0.0249. The van der Waals surface area contributed by atoms with E-state index < -0.39 is 11.4 Å². The fourth-order valence-electron chi connectivity index (χ4n) is 5.14. The lowest BCUT2D eigenvalue weighted by Crippen LogP contribution is -2.53. The Morgan fingerprint density at radius 1 is 1.24 bits per heavy atom. The third-order valence-electron chi connectivity index (χ3n) is 7.16. The second-order valence-electron chi connectivity index (χ2n) is 10.1. The number of urea groups is 1. The van der Waals surface area contributed by atoms with Gasteiger partial charge in [0.05, 0.1) is 5.60 Å². The number of benzene rings is 2. The average molecular weight is 516 g/mol. The summed E-state index contributed by atoms with van der Waals surface area (Å²) in [6, 6.07) is 12.0. The van der Waals surface area contributed by atoms with Gasteiger partial charge in [0.1, 0.15) is 5.75 Å². The minimum Gasteiger partial charge on any atom is -0.454 e. The Kier molecular flexibility index (Phi) is 10.7. The summed E-state index contributed by atoms with van der Waals surface area (Å²) in [5, 5.41) is 18.5. The Morgan fingerprint density at radius 3 is 2.76 bits per heavy atom. The van der Waals surface area contributed by atoms with Crippen LogP contribution in [0.3, 0.4) is 0 Å². The van der Waals surface area contributed by atoms with E-state index in [4.69, 9.17) is 9.47 Å². The molecule has 0 aliphatic carbocycles. The summed E-state index contributed by atoms with van der Waals surface area (Å²) in [4.78, 5) is 14.8. The molecule has 1 fully saturated rings. The van der Waals surface area contributed by atoms with Crippen LogP contribution in [0.25, 0.3) is 0 Å². The van der Waals surface area contributed by atoms with Crippen molar-refractivity contribution in [3.63, 3.8) is 0 Å². The first-order chi connectivity index (χ1) is 17.8. The van der Waals surface area contributed by atoms with Crippen LogP contribution < -0.4 is 15.4 Å². The first kappa shape index (κ1) is 28.9. The molecule has 3 rings (SSSR count). The molecule has 3 atom stereocenters. The van der Waals surface area contributed by atoms with Gasteiger partial charge >= 0.3 is 6.03 Å². The lowest BCUT2D eigenvalue weighted by atomic mass is 9.73. The number of piperidine rings is 1. The van der Waals surface area contributed by atoms with Crippen LogP contribution >= 0.6 is 0 Å². The summed E-state index contributed by atoms with van der Waals surface area (Å²) in [6.45, 7) is 6.08. The molecule has 0 aromatic heterocycles. The number of rotatable bonds is 12. The van der Waals surface area contributed by atoms with E-state index in [0.29, 0.717) is 50.4 Å². The highest BCUT2D eigenvalue weighted by molar-refractivity contribution is 5.74. The summed E-state index contributed by atoms with van der Waals surface area (Å²) in [5.74, 6) is -0.230. The third-order valence-corrected chi connectivity index (χ3v) is 7.16. The number of carbonyl (C=O) groups excluding carboxylic acids is 1. The van der Waals surface area contributed by atoms with Gasteiger partial charge in [-0.05, 0) is 70.7 Å². The van der Waals surface area contributed by atoms with Gasteiger partial charge < -0.3 is 30.1 Å². The Labute approximate surface area is 220 Å². The molecule has 1 aliphatic rings. The highest BCUT2D eigenvalue weighted by atomic mass is 19.1. The molecule has 0 saturated carbocycles. The number of amides is 2. The van der Waals surface area contributed by atoms with Gasteiger partial charge in [0.2, 0.25) is 0 Å². The molecule has 204 valence electrons. The SMILES string of the molecule is CNC[C@H](C)NC(=O)N1CCC[C@@H]([C@@](O)(CCCCOC)c2cccc(F)c2Oc2ccccc2C)C1. The zero-order chi connectivity index (χ0) is 26.8.